The lowest BCUT2D eigenvalue weighted by Gasteiger charge is -2.30. The van der Waals surface area contributed by atoms with Gasteiger partial charge in [0.25, 0.3) is 0 Å². The monoisotopic (exact) mass is 431 g/mol. The Morgan fingerprint density at radius 1 is 0.750 bits per heavy atom. The number of rotatable bonds is 6. The van der Waals surface area contributed by atoms with Crippen LogP contribution in [0.4, 0.5) is 0 Å². The number of aromatic hydroxyl groups is 2. The van der Waals surface area contributed by atoms with Crippen LogP contribution in [0.5, 0.6) is 17.5 Å². The molecule has 7 heteroatoms. The van der Waals surface area contributed by atoms with Crippen molar-refractivity contribution in [1.29, 1.82) is 0 Å². The molecule has 7 nitrogen and oxygen atoms in total. The number of methoxy groups -OCH3 is 1. The molecule has 0 radical (unpaired) electrons. The second kappa shape index (κ2) is 8.49. The number of ether oxygens (including phenoxy) is 1. The zero-order valence-electron chi connectivity index (χ0n) is 17.2. The number of benzene rings is 3. The lowest BCUT2D eigenvalue weighted by Crippen LogP contribution is -2.29. The van der Waals surface area contributed by atoms with Crippen molar-refractivity contribution in [3.63, 3.8) is 0 Å². The van der Waals surface area contributed by atoms with Crippen LogP contribution in [0.3, 0.4) is 0 Å². The quantitative estimate of drug-likeness (QED) is 0.404. The van der Waals surface area contributed by atoms with E-state index in [-0.39, 0.29) is 5.56 Å². The van der Waals surface area contributed by atoms with Crippen LogP contribution in [0, 0.1) is 0 Å². The first-order valence-corrected chi connectivity index (χ1v) is 9.79. The van der Waals surface area contributed by atoms with Gasteiger partial charge in [-0.1, -0.05) is 54.6 Å². The predicted molar refractivity (Wildman–Crippen MR) is 117 cm³/mol. The Labute approximate surface area is 184 Å². The van der Waals surface area contributed by atoms with Crippen LogP contribution >= 0.6 is 0 Å². The van der Waals surface area contributed by atoms with Gasteiger partial charge in [-0.25, -0.2) is 4.79 Å². The van der Waals surface area contributed by atoms with E-state index >= 15 is 0 Å². The van der Waals surface area contributed by atoms with Crippen molar-refractivity contribution in [3.05, 3.63) is 113 Å². The van der Waals surface area contributed by atoms with E-state index < -0.39 is 23.3 Å². The minimum absolute atomic E-state index is 0.173. The largest absolute Gasteiger partial charge is 0.497 e. The highest BCUT2D eigenvalue weighted by molar-refractivity contribution is 5.89. The molecule has 1 unspecified atom stereocenters. The fourth-order valence-electron chi connectivity index (χ4n) is 3.49. The molecule has 32 heavy (non-hydrogen) atoms. The van der Waals surface area contributed by atoms with Crippen LogP contribution < -0.4 is 9.57 Å². The first-order chi connectivity index (χ1) is 15.4. The fraction of sp³-hybridized carbons (Fsp3) is 0.0800. The van der Waals surface area contributed by atoms with E-state index in [0.717, 1.165) is 0 Å². The van der Waals surface area contributed by atoms with E-state index in [4.69, 9.17) is 9.57 Å². The second-order valence-electron chi connectivity index (χ2n) is 7.11. The Hall–Kier alpha value is -4.23. The molecule has 4 aromatic rings. The molecular formula is C25H21NO6. The third-order valence-corrected chi connectivity index (χ3v) is 5.21. The van der Waals surface area contributed by atoms with Crippen molar-refractivity contribution in [3.8, 4) is 17.5 Å². The highest BCUT2D eigenvalue weighted by Crippen LogP contribution is 2.37. The molecule has 0 aliphatic carbocycles. The standard InChI is InChI=1S/C25H21NO6/c1-31-21-13-11-20(12-14-21)25(30,18-5-3-2-4-6-18)19-9-7-17(8-10-19)24(29)32-26-22(27)15-16-23(26)28/h2-16,27-28,30H,1H3. The predicted octanol–water partition coefficient (Wildman–Crippen LogP) is 3.46. The minimum atomic E-state index is -1.48. The number of aromatic nitrogens is 1. The molecule has 0 aliphatic rings. The zero-order chi connectivity index (χ0) is 22.7. The summed E-state index contributed by atoms with van der Waals surface area (Å²) in [6.45, 7) is 0. The molecule has 1 atom stereocenters. The van der Waals surface area contributed by atoms with Crippen LogP contribution in [0.15, 0.2) is 91.0 Å². The number of carbonyl (C=O) groups is 1. The number of aliphatic hydroxyl groups is 1. The van der Waals surface area contributed by atoms with Gasteiger partial charge >= 0.3 is 5.97 Å². The Bertz CT molecular complexity index is 1200. The summed E-state index contributed by atoms with van der Waals surface area (Å²) in [5.41, 5.74) is 0.514. The van der Waals surface area contributed by atoms with Gasteiger partial charge in [0.15, 0.2) is 0 Å². The molecule has 162 valence electrons. The molecule has 0 saturated carbocycles. The normalized spacial score (nSPS) is 12.7. The number of hydrogen-bond acceptors (Lipinski definition) is 6. The van der Waals surface area contributed by atoms with Crippen LogP contribution in [-0.4, -0.2) is 33.1 Å². The summed E-state index contributed by atoms with van der Waals surface area (Å²) in [6, 6.07) is 25.0. The average Bonchev–Trinajstić information content (AvgIpc) is 3.16. The summed E-state index contributed by atoms with van der Waals surface area (Å²) >= 11 is 0. The van der Waals surface area contributed by atoms with E-state index in [1.54, 1.807) is 43.5 Å². The van der Waals surface area contributed by atoms with E-state index in [9.17, 15) is 20.1 Å². The molecule has 0 aliphatic heterocycles. The summed E-state index contributed by atoms with van der Waals surface area (Å²) in [5, 5.41) is 31.2. The van der Waals surface area contributed by atoms with Crippen molar-refractivity contribution in [1.82, 2.24) is 4.73 Å². The van der Waals surface area contributed by atoms with E-state index in [1.165, 1.54) is 24.3 Å². The summed E-state index contributed by atoms with van der Waals surface area (Å²) in [7, 11) is 1.57. The summed E-state index contributed by atoms with van der Waals surface area (Å²) in [5.74, 6) is -0.944. The van der Waals surface area contributed by atoms with Gasteiger partial charge in [0.1, 0.15) is 11.4 Å². The lowest BCUT2D eigenvalue weighted by atomic mass is 9.80. The maximum absolute atomic E-state index is 12.4. The topological polar surface area (TPSA) is 101 Å². The first kappa shape index (κ1) is 21.0. The molecule has 3 N–H and O–H groups in total. The fourth-order valence-corrected chi connectivity index (χ4v) is 3.49. The molecule has 3 aromatic carbocycles. The molecule has 1 aromatic heterocycles. The smallest absolute Gasteiger partial charge is 0.363 e. The molecule has 1 heterocycles. The van der Waals surface area contributed by atoms with E-state index in [2.05, 4.69) is 0 Å². The first-order valence-electron chi connectivity index (χ1n) is 9.79. The Kier molecular flexibility index (Phi) is 5.57. The summed E-state index contributed by atoms with van der Waals surface area (Å²) in [4.78, 5) is 17.5. The lowest BCUT2D eigenvalue weighted by molar-refractivity contribution is 0.0381. The van der Waals surface area contributed by atoms with Crippen molar-refractivity contribution in [2.45, 2.75) is 5.60 Å². The Balaban J connectivity index is 1.70. The van der Waals surface area contributed by atoms with Gasteiger partial charge in [0.05, 0.1) is 12.7 Å². The van der Waals surface area contributed by atoms with Gasteiger partial charge in [-0.15, -0.1) is 4.73 Å². The van der Waals surface area contributed by atoms with Crippen LogP contribution in [0.1, 0.15) is 27.0 Å². The van der Waals surface area contributed by atoms with Crippen molar-refractivity contribution >= 4 is 5.97 Å². The second-order valence-corrected chi connectivity index (χ2v) is 7.11. The maximum Gasteiger partial charge on any atom is 0.363 e. The summed E-state index contributed by atoms with van der Waals surface area (Å²) < 4.78 is 5.84. The van der Waals surface area contributed by atoms with Crippen LogP contribution in [0.25, 0.3) is 0 Å². The van der Waals surface area contributed by atoms with Crippen molar-refractivity contribution < 1.29 is 29.7 Å². The number of hydrogen-bond donors (Lipinski definition) is 3. The molecule has 0 amide bonds. The van der Waals surface area contributed by atoms with Gasteiger partial charge < -0.3 is 24.9 Å². The van der Waals surface area contributed by atoms with Crippen LogP contribution in [0.2, 0.25) is 0 Å². The molecule has 0 saturated heterocycles. The highest BCUT2D eigenvalue weighted by Gasteiger charge is 2.34. The van der Waals surface area contributed by atoms with Crippen LogP contribution in [-0.2, 0) is 5.60 Å². The van der Waals surface area contributed by atoms with Gasteiger partial charge in [0.2, 0.25) is 11.8 Å². The van der Waals surface area contributed by atoms with Crippen molar-refractivity contribution in [2.24, 2.45) is 0 Å². The molecule has 4 rings (SSSR count). The van der Waals surface area contributed by atoms with Gasteiger partial charge in [0, 0.05) is 12.1 Å². The maximum atomic E-state index is 12.4. The third-order valence-electron chi connectivity index (χ3n) is 5.21. The Morgan fingerprint density at radius 3 is 1.78 bits per heavy atom. The minimum Gasteiger partial charge on any atom is -0.497 e. The molecule has 0 fully saturated rings. The zero-order valence-corrected chi connectivity index (χ0v) is 17.2. The number of nitrogens with zero attached hydrogens (tertiary/aromatic N) is 1. The summed E-state index contributed by atoms with van der Waals surface area (Å²) in [6.07, 6.45) is 0. The molecular weight excluding hydrogens is 410 g/mol. The highest BCUT2D eigenvalue weighted by atomic mass is 16.7. The third kappa shape index (κ3) is 3.77. The van der Waals surface area contributed by atoms with Gasteiger partial charge in [-0.2, -0.15) is 0 Å². The SMILES string of the molecule is COc1ccc(C(O)(c2ccccc2)c2ccc(C(=O)On3c(O)ccc3O)cc2)cc1. The molecule has 0 spiro atoms. The van der Waals surface area contributed by atoms with E-state index in [1.807, 2.05) is 30.3 Å². The van der Waals surface area contributed by atoms with Gasteiger partial charge in [-0.05, 0) is 41.0 Å². The van der Waals surface area contributed by atoms with Crippen molar-refractivity contribution in [2.75, 3.05) is 7.11 Å². The number of carbonyl (C=O) groups excluding carboxylic acids is 1. The average molecular weight is 431 g/mol. The van der Waals surface area contributed by atoms with E-state index in [0.29, 0.717) is 27.2 Å². The Morgan fingerprint density at radius 2 is 1.25 bits per heavy atom. The van der Waals surface area contributed by atoms with Gasteiger partial charge in [-0.3, -0.25) is 0 Å². The molecule has 0 bridgehead atoms.